The first-order valence-electron chi connectivity index (χ1n) is 5.47. The van der Waals surface area contributed by atoms with Crippen LogP contribution >= 0.6 is 0 Å². The monoisotopic (exact) mass is 217 g/mol. The number of hydrogen-bond donors (Lipinski definition) is 0. The van der Waals surface area contributed by atoms with Gasteiger partial charge in [0, 0.05) is 25.9 Å². The lowest BCUT2D eigenvalue weighted by Crippen LogP contribution is -2.30. The van der Waals surface area contributed by atoms with Crippen LogP contribution in [-0.4, -0.2) is 31.3 Å². The van der Waals surface area contributed by atoms with Gasteiger partial charge in [0.15, 0.2) is 0 Å². The summed E-state index contributed by atoms with van der Waals surface area (Å²) in [5.74, 6) is 0.796. The molecule has 0 aliphatic heterocycles. The highest BCUT2D eigenvalue weighted by Crippen LogP contribution is 2.31. The Bertz CT molecular complexity index is 395. The maximum absolute atomic E-state index is 9.05. The molecule has 0 atom stereocenters. The Kier molecular flexibility index (Phi) is 3.37. The highest BCUT2D eigenvalue weighted by molar-refractivity contribution is 5.54. The second-order valence-corrected chi connectivity index (χ2v) is 3.90. The van der Waals surface area contributed by atoms with Crippen molar-refractivity contribution >= 4 is 5.82 Å². The molecule has 16 heavy (non-hydrogen) atoms. The summed E-state index contributed by atoms with van der Waals surface area (Å²) in [4.78, 5) is 6.49. The van der Waals surface area contributed by atoms with Crippen LogP contribution in [0.4, 0.5) is 5.82 Å². The minimum absolute atomic E-state index is 0.539. The van der Waals surface area contributed by atoms with Crippen LogP contribution in [0.5, 0.6) is 0 Å². The number of anilines is 1. The summed E-state index contributed by atoms with van der Waals surface area (Å²) in [5, 5.41) is 9.05. The van der Waals surface area contributed by atoms with Gasteiger partial charge in [-0.1, -0.05) is 0 Å². The third-order valence-electron chi connectivity index (χ3n) is 2.70. The molecule has 1 saturated carbocycles. The molecule has 1 fully saturated rings. The first-order valence-corrected chi connectivity index (χ1v) is 5.47. The Balaban J connectivity index is 2.20. The van der Waals surface area contributed by atoms with Gasteiger partial charge in [0.05, 0.1) is 12.2 Å². The number of rotatable bonds is 5. The molecular formula is C12H15N3O. The average Bonchev–Trinajstić information content (AvgIpc) is 3.14. The number of methoxy groups -OCH3 is 1. The van der Waals surface area contributed by atoms with Gasteiger partial charge in [0.1, 0.15) is 11.9 Å². The van der Waals surface area contributed by atoms with Crippen LogP contribution < -0.4 is 4.90 Å². The largest absolute Gasteiger partial charge is 0.383 e. The molecule has 1 aromatic heterocycles. The lowest BCUT2D eigenvalue weighted by molar-refractivity contribution is 0.204. The second-order valence-electron chi connectivity index (χ2n) is 3.90. The predicted octanol–water partition coefficient (Wildman–Crippen LogP) is 1.57. The number of aromatic nitrogens is 1. The molecule has 0 bridgehead atoms. The molecule has 2 rings (SSSR count). The van der Waals surface area contributed by atoms with Crippen LogP contribution in [0, 0.1) is 11.3 Å². The third-order valence-corrected chi connectivity index (χ3v) is 2.70. The summed E-state index contributed by atoms with van der Waals surface area (Å²) in [7, 11) is 1.69. The van der Waals surface area contributed by atoms with Crippen LogP contribution in [0.1, 0.15) is 18.4 Å². The molecule has 0 spiro atoms. The normalized spacial score (nSPS) is 14.5. The number of nitrogens with zero attached hydrogens (tertiary/aromatic N) is 3. The summed E-state index contributed by atoms with van der Waals surface area (Å²) in [6.45, 7) is 1.46. The lowest BCUT2D eigenvalue weighted by atomic mass is 10.2. The molecule has 0 radical (unpaired) electrons. The van der Waals surface area contributed by atoms with Gasteiger partial charge < -0.3 is 9.64 Å². The van der Waals surface area contributed by atoms with Crippen LogP contribution in [0.2, 0.25) is 0 Å². The fourth-order valence-corrected chi connectivity index (χ4v) is 1.75. The lowest BCUT2D eigenvalue weighted by Gasteiger charge is -2.23. The highest BCUT2D eigenvalue weighted by Gasteiger charge is 2.30. The second kappa shape index (κ2) is 4.95. The van der Waals surface area contributed by atoms with Crippen LogP contribution in [0.3, 0.4) is 0 Å². The van der Waals surface area contributed by atoms with Crippen LogP contribution in [0.25, 0.3) is 0 Å². The quantitative estimate of drug-likeness (QED) is 0.751. The van der Waals surface area contributed by atoms with Crippen LogP contribution in [0.15, 0.2) is 18.3 Å². The molecule has 1 aromatic rings. The zero-order valence-electron chi connectivity index (χ0n) is 9.39. The Morgan fingerprint density at radius 3 is 3.06 bits per heavy atom. The van der Waals surface area contributed by atoms with E-state index in [1.807, 2.05) is 6.07 Å². The van der Waals surface area contributed by atoms with E-state index in [4.69, 9.17) is 10.00 Å². The number of ether oxygens (including phenoxy) is 1. The Morgan fingerprint density at radius 2 is 2.44 bits per heavy atom. The van der Waals surface area contributed by atoms with Crippen molar-refractivity contribution in [3.8, 4) is 6.07 Å². The summed E-state index contributed by atoms with van der Waals surface area (Å²) in [6, 6.07) is 6.33. The van der Waals surface area contributed by atoms with E-state index < -0.39 is 0 Å². The zero-order valence-corrected chi connectivity index (χ0v) is 9.39. The molecule has 0 N–H and O–H groups in total. The molecule has 1 heterocycles. The van der Waals surface area contributed by atoms with Crippen molar-refractivity contribution < 1.29 is 4.74 Å². The van der Waals surface area contributed by atoms with Crippen molar-refractivity contribution in [2.45, 2.75) is 18.9 Å². The minimum atomic E-state index is 0.539. The third kappa shape index (κ3) is 2.31. The van der Waals surface area contributed by atoms with E-state index in [1.54, 1.807) is 19.4 Å². The Morgan fingerprint density at radius 1 is 1.62 bits per heavy atom. The molecule has 0 amide bonds. The van der Waals surface area contributed by atoms with E-state index in [9.17, 15) is 0 Å². The van der Waals surface area contributed by atoms with Gasteiger partial charge in [-0.2, -0.15) is 5.26 Å². The van der Waals surface area contributed by atoms with Crippen LogP contribution in [-0.2, 0) is 4.74 Å². The predicted molar refractivity (Wildman–Crippen MR) is 61.2 cm³/mol. The maximum atomic E-state index is 9.05. The fraction of sp³-hybridized carbons (Fsp3) is 0.500. The van der Waals surface area contributed by atoms with Gasteiger partial charge in [0.2, 0.25) is 0 Å². The Labute approximate surface area is 95.5 Å². The molecule has 1 aliphatic rings. The van der Waals surface area contributed by atoms with E-state index in [-0.39, 0.29) is 0 Å². The van der Waals surface area contributed by atoms with E-state index >= 15 is 0 Å². The van der Waals surface area contributed by atoms with Crippen molar-refractivity contribution in [2.24, 2.45) is 0 Å². The standard InChI is InChI=1S/C12H15N3O/c1-16-8-7-15(11-4-5-11)12-10(9-13)3-2-6-14-12/h2-3,6,11H,4-5,7-8H2,1H3. The van der Waals surface area contributed by atoms with Gasteiger partial charge >= 0.3 is 0 Å². The Hall–Kier alpha value is -1.60. The van der Waals surface area contributed by atoms with E-state index in [0.29, 0.717) is 18.2 Å². The molecular weight excluding hydrogens is 202 g/mol. The van der Waals surface area contributed by atoms with Crippen molar-refractivity contribution in [3.63, 3.8) is 0 Å². The molecule has 0 saturated heterocycles. The molecule has 84 valence electrons. The van der Waals surface area contributed by atoms with Gasteiger partial charge in [-0.15, -0.1) is 0 Å². The maximum Gasteiger partial charge on any atom is 0.146 e. The first kappa shape index (κ1) is 10.9. The molecule has 0 aromatic carbocycles. The highest BCUT2D eigenvalue weighted by atomic mass is 16.5. The summed E-state index contributed by atoms with van der Waals surface area (Å²) >= 11 is 0. The molecule has 0 unspecified atom stereocenters. The topological polar surface area (TPSA) is 49.1 Å². The number of nitriles is 1. The van der Waals surface area contributed by atoms with Gasteiger partial charge in [-0.3, -0.25) is 0 Å². The fourth-order valence-electron chi connectivity index (χ4n) is 1.75. The van der Waals surface area contributed by atoms with Crippen molar-refractivity contribution in [1.82, 2.24) is 4.98 Å². The molecule has 4 nitrogen and oxygen atoms in total. The van der Waals surface area contributed by atoms with Gasteiger partial charge in [-0.05, 0) is 25.0 Å². The minimum Gasteiger partial charge on any atom is -0.383 e. The van der Waals surface area contributed by atoms with Crippen molar-refractivity contribution in [1.29, 1.82) is 5.26 Å². The summed E-state index contributed by atoms with van der Waals surface area (Å²) in [5.41, 5.74) is 0.644. The zero-order chi connectivity index (χ0) is 11.4. The first-order chi connectivity index (χ1) is 7.86. The average molecular weight is 217 g/mol. The van der Waals surface area contributed by atoms with Crippen molar-refractivity contribution in [2.75, 3.05) is 25.2 Å². The number of pyridine rings is 1. The van der Waals surface area contributed by atoms with Gasteiger partial charge in [-0.25, -0.2) is 4.98 Å². The van der Waals surface area contributed by atoms with Gasteiger partial charge in [0.25, 0.3) is 0 Å². The van der Waals surface area contributed by atoms with E-state index in [1.165, 1.54) is 12.8 Å². The number of hydrogen-bond acceptors (Lipinski definition) is 4. The SMILES string of the molecule is COCCN(c1ncccc1C#N)C1CC1. The summed E-state index contributed by atoms with van der Waals surface area (Å²) in [6.07, 6.45) is 4.11. The smallest absolute Gasteiger partial charge is 0.146 e. The summed E-state index contributed by atoms with van der Waals surface area (Å²) < 4.78 is 5.09. The van der Waals surface area contributed by atoms with Crippen molar-refractivity contribution in [3.05, 3.63) is 23.9 Å². The van der Waals surface area contributed by atoms with E-state index in [2.05, 4.69) is 16.0 Å². The molecule has 4 heteroatoms. The van der Waals surface area contributed by atoms with E-state index in [0.717, 1.165) is 12.4 Å². The molecule has 1 aliphatic carbocycles.